The number of aryl methyl sites for hydroxylation is 1. The summed E-state index contributed by atoms with van der Waals surface area (Å²) in [6, 6.07) is 7.18. The molecule has 144 valence electrons. The molecule has 7 nitrogen and oxygen atoms in total. The van der Waals surface area contributed by atoms with Crippen molar-refractivity contribution in [3.63, 3.8) is 0 Å². The molecule has 0 bridgehead atoms. The van der Waals surface area contributed by atoms with Crippen LogP contribution in [0.3, 0.4) is 0 Å². The minimum absolute atomic E-state index is 0.0988. The Morgan fingerprint density at radius 3 is 2.81 bits per heavy atom. The Bertz CT molecular complexity index is 794. The zero-order valence-corrected chi connectivity index (χ0v) is 15.9. The van der Waals surface area contributed by atoms with Crippen molar-refractivity contribution in [3.05, 3.63) is 41.5 Å². The molecule has 1 amide bonds. The van der Waals surface area contributed by atoms with Crippen LogP contribution in [0.1, 0.15) is 67.1 Å². The van der Waals surface area contributed by atoms with Crippen LogP contribution < -0.4 is 10.1 Å². The van der Waals surface area contributed by atoms with Crippen molar-refractivity contribution < 1.29 is 14.3 Å². The van der Waals surface area contributed by atoms with Crippen molar-refractivity contribution >= 4 is 5.91 Å². The number of hydrogen-bond donors (Lipinski definition) is 1. The average Bonchev–Trinajstić information content (AvgIpc) is 3.32. The normalized spacial score (nSPS) is 21.9. The molecule has 1 fully saturated rings. The number of hydrogen-bond acceptors (Lipinski definition) is 5. The van der Waals surface area contributed by atoms with Gasteiger partial charge in [-0.25, -0.2) is 9.67 Å². The number of amides is 1. The van der Waals surface area contributed by atoms with Gasteiger partial charge < -0.3 is 14.8 Å². The zero-order valence-electron chi connectivity index (χ0n) is 15.9. The maximum absolute atomic E-state index is 12.7. The van der Waals surface area contributed by atoms with E-state index >= 15 is 0 Å². The van der Waals surface area contributed by atoms with Gasteiger partial charge in [-0.2, -0.15) is 5.10 Å². The summed E-state index contributed by atoms with van der Waals surface area (Å²) in [6.07, 6.45) is 2.87. The van der Waals surface area contributed by atoms with Crippen LogP contribution in [0.5, 0.6) is 5.75 Å². The number of nitrogens with zero attached hydrogens (tertiary/aromatic N) is 3. The Labute approximate surface area is 159 Å². The van der Waals surface area contributed by atoms with Gasteiger partial charge in [0.15, 0.2) is 5.82 Å². The summed E-state index contributed by atoms with van der Waals surface area (Å²) >= 11 is 0. The molecule has 2 unspecified atom stereocenters. The topological polar surface area (TPSA) is 78.3 Å². The molecule has 1 N–H and O–H groups in total. The van der Waals surface area contributed by atoms with Crippen LogP contribution in [-0.2, 0) is 11.3 Å². The van der Waals surface area contributed by atoms with Crippen LogP contribution in [0, 0.1) is 0 Å². The lowest BCUT2D eigenvalue weighted by Crippen LogP contribution is -2.33. The molecule has 0 radical (unpaired) electrons. The summed E-state index contributed by atoms with van der Waals surface area (Å²) in [5, 5.41) is 7.68. The Morgan fingerprint density at radius 2 is 2.11 bits per heavy atom. The standard InChI is InChI=1S/C20H26N4O3/c1-13(2)18-22-19-17(4-3-10-24(19)23-18)21-20(25)14-5-7-15(8-6-14)27-16-9-11-26-12-16/h5-8,13,16-17H,3-4,9-12H2,1-2H3,(H,21,25). The predicted octanol–water partition coefficient (Wildman–Crippen LogP) is 2.83. The van der Waals surface area contributed by atoms with Crippen molar-refractivity contribution in [3.8, 4) is 5.75 Å². The third-order valence-electron chi connectivity index (χ3n) is 5.02. The molecule has 2 aromatic rings. The van der Waals surface area contributed by atoms with E-state index in [0.717, 1.165) is 49.8 Å². The number of nitrogens with one attached hydrogen (secondary N) is 1. The number of ether oxygens (including phenoxy) is 2. The largest absolute Gasteiger partial charge is 0.488 e. The number of rotatable bonds is 5. The fourth-order valence-corrected chi connectivity index (χ4v) is 3.48. The van der Waals surface area contributed by atoms with E-state index < -0.39 is 0 Å². The highest BCUT2D eigenvalue weighted by atomic mass is 16.5. The van der Waals surface area contributed by atoms with Crippen LogP contribution in [0.4, 0.5) is 0 Å². The minimum atomic E-state index is -0.0992. The molecular formula is C20H26N4O3. The third kappa shape index (κ3) is 3.98. The Hall–Kier alpha value is -2.41. The molecule has 1 aromatic carbocycles. The smallest absolute Gasteiger partial charge is 0.251 e. The first-order valence-electron chi connectivity index (χ1n) is 9.70. The lowest BCUT2D eigenvalue weighted by atomic mass is 10.1. The van der Waals surface area contributed by atoms with Gasteiger partial charge in [-0.05, 0) is 37.1 Å². The van der Waals surface area contributed by atoms with E-state index in [0.29, 0.717) is 12.2 Å². The summed E-state index contributed by atoms with van der Waals surface area (Å²) < 4.78 is 13.1. The summed E-state index contributed by atoms with van der Waals surface area (Å²) in [7, 11) is 0. The fourth-order valence-electron chi connectivity index (χ4n) is 3.48. The van der Waals surface area contributed by atoms with Crippen molar-refractivity contribution in [1.82, 2.24) is 20.1 Å². The van der Waals surface area contributed by atoms with Gasteiger partial charge in [0.2, 0.25) is 0 Å². The first kappa shape index (κ1) is 18.0. The highest BCUT2D eigenvalue weighted by Gasteiger charge is 2.26. The quantitative estimate of drug-likeness (QED) is 0.876. The average molecular weight is 370 g/mol. The van der Waals surface area contributed by atoms with Gasteiger partial charge in [0.25, 0.3) is 5.91 Å². The van der Waals surface area contributed by atoms with E-state index in [-0.39, 0.29) is 24.0 Å². The number of carbonyl (C=O) groups excluding carboxylic acids is 1. The molecule has 2 atom stereocenters. The minimum Gasteiger partial charge on any atom is -0.488 e. The van der Waals surface area contributed by atoms with Crippen LogP contribution in [-0.4, -0.2) is 40.0 Å². The lowest BCUT2D eigenvalue weighted by Gasteiger charge is -2.23. The molecule has 1 aromatic heterocycles. The Balaban J connectivity index is 1.42. The van der Waals surface area contributed by atoms with E-state index in [1.54, 1.807) is 12.1 Å². The first-order valence-corrected chi connectivity index (χ1v) is 9.70. The number of aromatic nitrogens is 3. The molecule has 27 heavy (non-hydrogen) atoms. The van der Waals surface area contributed by atoms with E-state index in [2.05, 4.69) is 29.2 Å². The van der Waals surface area contributed by atoms with Crippen LogP contribution in [0.15, 0.2) is 24.3 Å². The lowest BCUT2D eigenvalue weighted by molar-refractivity contribution is 0.0927. The molecule has 2 aliphatic rings. The van der Waals surface area contributed by atoms with Crippen molar-refractivity contribution in [2.75, 3.05) is 13.2 Å². The van der Waals surface area contributed by atoms with Crippen molar-refractivity contribution in [2.45, 2.75) is 57.7 Å². The maximum atomic E-state index is 12.7. The summed E-state index contributed by atoms with van der Waals surface area (Å²) in [5.41, 5.74) is 0.616. The van der Waals surface area contributed by atoms with Crippen LogP contribution >= 0.6 is 0 Å². The predicted molar refractivity (Wildman–Crippen MR) is 99.8 cm³/mol. The number of benzene rings is 1. The highest BCUT2D eigenvalue weighted by molar-refractivity contribution is 5.94. The second-order valence-corrected chi connectivity index (χ2v) is 7.50. The van der Waals surface area contributed by atoms with Gasteiger partial charge in [-0.15, -0.1) is 0 Å². The molecule has 3 heterocycles. The molecule has 4 rings (SSSR count). The molecule has 0 aliphatic carbocycles. The van der Waals surface area contributed by atoms with Crippen LogP contribution in [0.25, 0.3) is 0 Å². The molecule has 7 heteroatoms. The Morgan fingerprint density at radius 1 is 1.30 bits per heavy atom. The highest BCUT2D eigenvalue weighted by Crippen LogP contribution is 2.25. The first-order chi connectivity index (χ1) is 13.1. The molecule has 2 aliphatic heterocycles. The second-order valence-electron chi connectivity index (χ2n) is 7.50. The van der Waals surface area contributed by atoms with Gasteiger partial charge in [-0.3, -0.25) is 4.79 Å². The zero-order chi connectivity index (χ0) is 18.8. The van der Waals surface area contributed by atoms with Crippen molar-refractivity contribution in [2.24, 2.45) is 0 Å². The van der Waals surface area contributed by atoms with E-state index in [4.69, 9.17) is 9.47 Å². The summed E-state index contributed by atoms with van der Waals surface area (Å²) in [4.78, 5) is 17.3. The molecular weight excluding hydrogens is 344 g/mol. The maximum Gasteiger partial charge on any atom is 0.251 e. The fraction of sp³-hybridized carbons (Fsp3) is 0.550. The van der Waals surface area contributed by atoms with Gasteiger partial charge >= 0.3 is 0 Å². The van der Waals surface area contributed by atoms with Gasteiger partial charge in [-0.1, -0.05) is 13.8 Å². The van der Waals surface area contributed by atoms with Gasteiger partial charge in [0.05, 0.1) is 19.3 Å². The van der Waals surface area contributed by atoms with Crippen LogP contribution in [0.2, 0.25) is 0 Å². The van der Waals surface area contributed by atoms with E-state index in [1.807, 2.05) is 16.8 Å². The monoisotopic (exact) mass is 370 g/mol. The van der Waals surface area contributed by atoms with E-state index in [9.17, 15) is 4.79 Å². The Kier molecular flexibility index (Phi) is 5.11. The summed E-state index contributed by atoms with van der Waals surface area (Å²) in [6.45, 7) is 6.39. The second kappa shape index (κ2) is 7.68. The van der Waals surface area contributed by atoms with Crippen molar-refractivity contribution in [1.29, 1.82) is 0 Å². The number of carbonyl (C=O) groups is 1. The van der Waals surface area contributed by atoms with E-state index in [1.165, 1.54) is 0 Å². The van der Waals surface area contributed by atoms with Gasteiger partial charge in [0.1, 0.15) is 17.7 Å². The SMILES string of the molecule is CC(C)c1nc2n(n1)CCCC2NC(=O)c1ccc(OC2CCOC2)cc1. The molecule has 0 spiro atoms. The van der Waals surface area contributed by atoms with Gasteiger partial charge in [0, 0.05) is 24.4 Å². The number of fused-ring (bicyclic) bond motifs is 1. The molecule has 0 saturated carbocycles. The summed E-state index contributed by atoms with van der Waals surface area (Å²) in [5.74, 6) is 2.64. The third-order valence-corrected chi connectivity index (χ3v) is 5.02. The molecule has 1 saturated heterocycles.